The zero-order valence-electron chi connectivity index (χ0n) is 17.6. The summed E-state index contributed by atoms with van der Waals surface area (Å²) in [7, 11) is 3.75. The lowest BCUT2D eigenvalue weighted by Crippen LogP contribution is -2.53. The molecule has 0 bridgehead atoms. The Bertz CT molecular complexity index is 706. The predicted molar refractivity (Wildman–Crippen MR) is 110 cm³/mol. The molecule has 2 heterocycles. The van der Waals surface area contributed by atoms with Gasteiger partial charge in [-0.15, -0.1) is 0 Å². The maximum Gasteiger partial charge on any atom is 0.224 e. The number of benzene rings is 1. The van der Waals surface area contributed by atoms with Crippen LogP contribution < -0.4 is 4.90 Å². The lowest BCUT2D eigenvalue weighted by molar-refractivity contribution is -0.142. The standard InChI is InChI=1S/C22H33N3O3/c1-16(2)13-21(27)25-10-9-20(26)24(11-12-28-4)15-17-14-23(3)19-8-6-5-7-18(19)22(17)25/h5-8,16-17,22H,9-15H2,1-4H3/t17-,22-/m1/s1. The van der Waals surface area contributed by atoms with Gasteiger partial charge >= 0.3 is 0 Å². The molecule has 1 aromatic carbocycles. The van der Waals surface area contributed by atoms with Crippen LogP contribution in [-0.4, -0.2) is 68.6 Å². The van der Waals surface area contributed by atoms with Crippen molar-refractivity contribution in [3.8, 4) is 0 Å². The van der Waals surface area contributed by atoms with E-state index >= 15 is 0 Å². The van der Waals surface area contributed by atoms with Gasteiger partial charge in [-0.2, -0.15) is 0 Å². The van der Waals surface area contributed by atoms with Crippen LogP contribution in [0, 0.1) is 11.8 Å². The summed E-state index contributed by atoms with van der Waals surface area (Å²) in [5.74, 6) is 0.741. The Morgan fingerprint density at radius 2 is 2.00 bits per heavy atom. The van der Waals surface area contributed by atoms with Crippen LogP contribution in [0.15, 0.2) is 24.3 Å². The topological polar surface area (TPSA) is 53.1 Å². The lowest BCUT2D eigenvalue weighted by atomic mass is 9.84. The molecule has 0 radical (unpaired) electrons. The van der Waals surface area contributed by atoms with Crippen LogP contribution in [0.2, 0.25) is 0 Å². The van der Waals surface area contributed by atoms with Gasteiger partial charge in [0.2, 0.25) is 11.8 Å². The monoisotopic (exact) mass is 387 g/mol. The fourth-order valence-corrected chi connectivity index (χ4v) is 4.53. The number of carbonyl (C=O) groups excluding carboxylic acids is 2. The second kappa shape index (κ2) is 8.95. The third-order valence-corrected chi connectivity index (χ3v) is 5.80. The number of anilines is 1. The smallest absolute Gasteiger partial charge is 0.224 e. The van der Waals surface area contributed by atoms with Crippen molar-refractivity contribution in [3.05, 3.63) is 29.8 Å². The van der Waals surface area contributed by atoms with Gasteiger partial charge < -0.3 is 19.4 Å². The van der Waals surface area contributed by atoms with E-state index < -0.39 is 0 Å². The van der Waals surface area contributed by atoms with Crippen molar-refractivity contribution < 1.29 is 14.3 Å². The Hall–Kier alpha value is -2.08. The van der Waals surface area contributed by atoms with Crippen molar-refractivity contribution >= 4 is 17.5 Å². The van der Waals surface area contributed by atoms with Crippen LogP contribution in [0.1, 0.15) is 38.3 Å². The normalized spacial score (nSPS) is 22.6. The summed E-state index contributed by atoms with van der Waals surface area (Å²) in [5.41, 5.74) is 2.38. The zero-order valence-corrected chi connectivity index (χ0v) is 17.6. The molecule has 0 spiro atoms. The number of rotatable bonds is 5. The molecule has 2 aliphatic rings. The van der Waals surface area contributed by atoms with E-state index in [2.05, 4.69) is 37.9 Å². The minimum Gasteiger partial charge on any atom is -0.383 e. The Balaban J connectivity index is 1.98. The summed E-state index contributed by atoms with van der Waals surface area (Å²) in [6.07, 6.45) is 0.886. The average Bonchev–Trinajstić information content (AvgIpc) is 2.65. The molecule has 2 amide bonds. The quantitative estimate of drug-likeness (QED) is 0.779. The van der Waals surface area contributed by atoms with Crippen LogP contribution in [0.5, 0.6) is 0 Å². The van der Waals surface area contributed by atoms with E-state index in [4.69, 9.17) is 4.74 Å². The molecule has 0 N–H and O–H groups in total. The molecule has 0 aliphatic carbocycles. The van der Waals surface area contributed by atoms with Crippen molar-refractivity contribution in [2.75, 3.05) is 51.8 Å². The molecule has 28 heavy (non-hydrogen) atoms. The van der Waals surface area contributed by atoms with E-state index in [1.54, 1.807) is 7.11 Å². The van der Waals surface area contributed by atoms with Gasteiger partial charge in [0.15, 0.2) is 0 Å². The van der Waals surface area contributed by atoms with Crippen LogP contribution in [-0.2, 0) is 14.3 Å². The van der Waals surface area contributed by atoms with Gasteiger partial charge in [-0.25, -0.2) is 0 Å². The Morgan fingerprint density at radius 3 is 2.71 bits per heavy atom. The first kappa shape index (κ1) is 20.6. The Kier molecular flexibility index (Phi) is 6.60. The second-order valence-corrected chi connectivity index (χ2v) is 8.41. The lowest BCUT2D eigenvalue weighted by Gasteiger charge is -2.47. The summed E-state index contributed by atoms with van der Waals surface area (Å²) in [6.45, 7) is 7.22. The van der Waals surface area contributed by atoms with Gasteiger partial charge in [0.05, 0.1) is 12.6 Å². The molecule has 2 atom stereocenters. The fourth-order valence-electron chi connectivity index (χ4n) is 4.53. The van der Waals surface area contributed by atoms with E-state index in [1.165, 1.54) is 11.3 Å². The van der Waals surface area contributed by atoms with Crippen LogP contribution in [0.25, 0.3) is 0 Å². The second-order valence-electron chi connectivity index (χ2n) is 8.41. The fraction of sp³-hybridized carbons (Fsp3) is 0.636. The highest BCUT2D eigenvalue weighted by Crippen LogP contribution is 2.41. The van der Waals surface area contributed by atoms with E-state index in [-0.39, 0.29) is 23.8 Å². The molecular weight excluding hydrogens is 354 g/mol. The van der Waals surface area contributed by atoms with Crippen molar-refractivity contribution in [1.29, 1.82) is 0 Å². The van der Waals surface area contributed by atoms with Crippen LogP contribution in [0.3, 0.4) is 0 Å². The predicted octanol–water partition coefficient (Wildman–Crippen LogP) is 2.55. The van der Waals surface area contributed by atoms with E-state index in [9.17, 15) is 9.59 Å². The average molecular weight is 388 g/mol. The maximum atomic E-state index is 13.1. The van der Waals surface area contributed by atoms with Gasteiger partial charge in [0.25, 0.3) is 0 Å². The molecule has 0 aromatic heterocycles. The number of hydrogen-bond donors (Lipinski definition) is 0. The van der Waals surface area contributed by atoms with Gasteiger partial charge in [-0.05, 0) is 17.5 Å². The van der Waals surface area contributed by atoms with Crippen LogP contribution >= 0.6 is 0 Å². The third kappa shape index (κ3) is 4.32. The van der Waals surface area contributed by atoms with Crippen molar-refractivity contribution in [2.24, 2.45) is 11.8 Å². The number of para-hydroxylation sites is 1. The molecule has 0 saturated carbocycles. The molecule has 3 rings (SSSR count). The Morgan fingerprint density at radius 1 is 1.25 bits per heavy atom. The maximum absolute atomic E-state index is 13.1. The number of carbonyl (C=O) groups is 2. The number of ether oxygens (including phenoxy) is 1. The first-order valence-electron chi connectivity index (χ1n) is 10.3. The summed E-state index contributed by atoms with van der Waals surface area (Å²) in [6, 6.07) is 8.38. The molecule has 6 heteroatoms. The van der Waals surface area contributed by atoms with E-state index in [1.807, 2.05) is 21.9 Å². The highest BCUT2D eigenvalue weighted by Gasteiger charge is 2.41. The number of methoxy groups -OCH3 is 1. The molecule has 1 aromatic rings. The minimum absolute atomic E-state index is 0.0109. The molecule has 0 unspecified atom stereocenters. The molecular formula is C22H33N3O3. The van der Waals surface area contributed by atoms with Gasteiger partial charge in [0.1, 0.15) is 0 Å². The summed E-state index contributed by atoms with van der Waals surface area (Å²) >= 11 is 0. The first-order chi connectivity index (χ1) is 13.4. The number of nitrogens with zero attached hydrogens (tertiary/aromatic N) is 3. The zero-order chi connectivity index (χ0) is 20.3. The molecule has 1 fully saturated rings. The number of fused-ring (bicyclic) bond motifs is 3. The van der Waals surface area contributed by atoms with Crippen LogP contribution in [0.4, 0.5) is 5.69 Å². The molecule has 1 saturated heterocycles. The summed E-state index contributed by atoms with van der Waals surface area (Å²) in [4.78, 5) is 32.1. The molecule has 154 valence electrons. The van der Waals surface area contributed by atoms with Gasteiger partial charge in [0, 0.05) is 64.8 Å². The van der Waals surface area contributed by atoms with Gasteiger partial charge in [-0.3, -0.25) is 9.59 Å². The minimum atomic E-state index is 0.0109. The SMILES string of the molecule is COCCN1C[C@H]2CN(C)c3ccccc3[C@@H]2N(C(=O)CC(C)C)CCC1=O. The first-order valence-corrected chi connectivity index (χ1v) is 10.3. The van der Waals surface area contributed by atoms with Gasteiger partial charge in [-0.1, -0.05) is 32.0 Å². The van der Waals surface area contributed by atoms with E-state index in [0.717, 1.165) is 6.54 Å². The van der Waals surface area contributed by atoms with Crippen molar-refractivity contribution in [3.63, 3.8) is 0 Å². The van der Waals surface area contributed by atoms with Crippen molar-refractivity contribution in [1.82, 2.24) is 9.80 Å². The summed E-state index contributed by atoms with van der Waals surface area (Å²) < 4.78 is 5.21. The summed E-state index contributed by atoms with van der Waals surface area (Å²) in [5, 5.41) is 0. The largest absolute Gasteiger partial charge is 0.383 e. The van der Waals surface area contributed by atoms with E-state index in [0.29, 0.717) is 45.0 Å². The number of amides is 2. The highest BCUT2D eigenvalue weighted by molar-refractivity contribution is 5.81. The molecule has 6 nitrogen and oxygen atoms in total. The highest BCUT2D eigenvalue weighted by atomic mass is 16.5. The third-order valence-electron chi connectivity index (χ3n) is 5.80. The Labute approximate surface area is 168 Å². The van der Waals surface area contributed by atoms with Crippen molar-refractivity contribution in [2.45, 2.75) is 32.7 Å². The molecule has 2 aliphatic heterocycles. The number of hydrogen-bond acceptors (Lipinski definition) is 4.